The van der Waals surface area contributed by atoms with Gasteiger partial charge in [-0.05, 0) is 49.8 Å². The first-order valence-corrected chi connectivity index (χ1v) is 9.30. The Morgan fingerprint density at radius 1 is 1.23 bits per heavy atom. The second kappa shape index (κ2) is 6.63. The molecule has 2 heterocycles. The summed E-state index contributed by atoms with van der Waals surface area (Å²) in [5.74, 6) is 0.409. The molecule has 7 nitrogen and oxygen atoms in total. The fraction of sp³-hybridized carbons (Fsp3) is 0.526. The Balaban J connectivity index is 1.53. The number of amides is 4. The molecular weight excluding hydrogens is 332 g/mol. The highest BCUT2D eigenvalue weighted by atomic mass is 16.2. The monoisotopic (exact) mass is 356 g/mol. The van der Waals surface area contributed by atoms with Crippen molar-refractivity contribution >= 4 is 23.5 Å². The summed E-state index contributed by atoms with van der Waals surface area (Å²) in [7, 11) is 0. The van der Waals surface area contributed by atoms with E-state index in [4.69, 9.17) is 0 Å². The summed E-state index contributed by atoms with van der Waals surface area (Å²) in [6, 6.07) is 5.33. The number of nitrogens with zero attached hydrogens (tertiary/aromatic N) is 1. The van der Waals surface area contributed by atoms with E-state index in [2.05, 4.69) is 16.0 Å². The van der Waals surface area contributed by atoms with Crippen LogP contribution in [0, 0.1) is 12.8 Å². The van der Waals surface area contributed by atoms with Gasteiger partial charge in [0.1, 0.15) is 0 Å². The van der Waals surface area contributed by atoms with E-state index in [9.17, 15) is 14.4 Å². The SMILES string of the molecule is Cc1c(C(=O)N[C@@H]2CCC(=O)N[C@H]2C2CC2)cccc1N1CCNC1=O. The molecule has 0 spiro atoms. The van der Waals surface area contributed by atoms with E-state index in [1.54, 1.807) is 11.0 Å². The molecule has 3 fully saturated rings. The normalized spacial score (nSPS) is 25.7. The van der Waals surface area contributed by atoms with Crippen molar-refractivity contribution in [3.8, 4) is 0 Å². The van der Waals surface area contributed by atoms with Crippen LogP contribution in [-0.4, -0.2) is 43.0 Å². The van der Waals surface area contributed by atoms with Crippen LogP contribution in [0.3, 0.4) is 0 Å². The van der Waals surface area contributed by atoms with Gasteiger partial charge in [-0.3, -0.25) is 14.5 Å². The molecule has 2 atom stereocenters. The first-order valence-electron chi connectivity index (χ1n) is 9.30. The van der Waals surface area contributed by atoms with E-state index >= 15 is 0 Å². The number of carbonyl (C=O) groups is 3. The number of anilines is 1. The van der Waals surface area contributed by atoms with Crippen LogP contribution in [0.25, 0.3) is 0 Å². The highest BCUT2D eigenvalue weighted by molar-refractivity contribution is 6.00. The Kier molecular flexibility index (Phi) is 4.30. The van der Waals surface area contributed by atoms with Crippen molar-refractivity contribution in [2.45, 2.75) is 44.7 Å². The third-order valence-corrected chi connectivity index (χ3v) is 5.59. The molecule has 0 bridgehead atoms. The van der Waals surface area contributed by atoms with Crippen molar-refractivity contribution in [1.82, 2.24) is 16.0 Å². The Labute approximate surface area is 152 Å². The predicted octanol–water partition coefficient (Wildman–Crippen LogP) is 1.31. The highest BCUT2D eigenvalue weighted by Crippen LogP contribution is 2.36. The molecule has 0 radical (unpaired) electrons. The van der Waals surface area contributed by atoms with E-state index < -0.39 is 0 Å². The molecule has 138 valence electrons. The van der Waals surface area contributed by atoms with E-state index in [1.807, 2.05) is 19.1 Å². The lowest BCUT2D eigenvalue weighted by molar-refractivity contribution is -0.124. The quantitative estimate of drug-likeness (QED) is 0.760. The van der Waals surface area contributed by atoms with Crippen LogP contribution in [-0.2, 0) is 4.79 Å². The predicted molar refractivity (Wildman–Crippen MR) is 97.1 cm³/mol. The third-order valence-electron chi connectivity index (χ3n) is 5.59. The number of piperidine rings is 1. The van der Waals surface area contributed by atoms with Gasteiger partial charge >= 0.3 is 6.03 Å². The molecule has 1 aromatic carbocycles. The minimum Gasteiger partial charge on any atom is -0.351 e. The van der Waals surface area contributed by atoms with Gasteiger partial charge in [0.15, 0.2) is 0 Å². The van der Waals surface area contributed by atoms with Gasteiger partial charge in [0.2, 0.25) is 5.91 Å². The van der Waals surface area contributed by atoms with Crippen LogP contribution in [0.1, 0.15) is 41.6 Å². The van der Waals surface area contributed by atoms with Gasteiger partial charge in [0.25, 0.3) is 5.91 Å². The molecular formula is C19H24N4O3. The third kappa shape index (κ3) is 3.13. The molecule has 7 heteroatoms. The van der Waals surface area contributed by atoms with Gasteiger partial charge in [0, 0.05) is 30.8 Å². The maximum atomic E-state index is 12.9. The number of nitrogens with one attached hydrogen (secondary N) is 3. The summed E-state index contributed by atoms with van der Waals surface area (Å²) in [6.07, 6.45) is 3.33. The number of hydrogen-bond acceptors (Lipinski definition) is 3. The average Bonchev–Trinajstić information content (AvgIpc) is 3.38. The molecule has 4 rings (SSSR count). The molecule has 1 aliphatic carbocycles. The maximum Gasteiger partial charge on any atom is 0.322 e. The molecule has 1 aromatic rings. The number of rotatable bonds is 4. The standard InChI is InChI=1S/C19H24N4O3/c1-11-13(3-2-4-15(11)23-10-9-20-19(23)26)18(25)21-14-7-8-16(24)22-17(14)12-5-6-12/h2-4,12,14,17H,5-10H2,1H3,(H,20,26)(H,21,25)(H,22,24)/t14-,17+/m1/s1. The zero-order valence-corrected chi connectivity index (χ0v) is 14.9. The lowest BCUT2D eigenvalue weighted by Gasteiger charge is -2.33. The Morgan fingerprint density at radius 3 is 2.73 bits per heavy atom. The summed E-state index contributed by atoms with van der Waals surface area (Å²) in [5.41, 5.74) is 2.14. The Bertz CT molecular complexity index is 759. The van der Waals surface area contributed by atoms with Gasteiger partial charge in [-0.15, -0.1) is 0 Å². The summed E-state index contributed by atoms with van der Waals surface area (Å²) in [6.45, 7) is 3.08. The maximum absolute atomic E-state index is 12.9. The average molecular weight is 356 g/mol. The van der Waals surface area contributed by atoms with E-state index in [1.165, 1.54) is 0 Å². The summed E-state index contributed by atoms with van der Waals surface area (Å²) >= 11 is 0. The zero-order chi connectivity index (χ0) is 18.3. The van der Waals surface area contributed by atoms with Crippen LogP contribution in [0.15, 0.2) is 18.2 Å². The molecule has 2 aliphatic heterocycles. The van der Waals surface area contributed by atoms with Crippen molar-refractivity contribution in [3.05, 3.63) is 29.3 Å². The number of carbonyl (C=O) groups excluding carboxylic acids is 3. The second-order valence-electron chi connectivity index (χ2n) is 7.38. The zero-order valence-electron chi connectivity index (χ0n) is 14.9. The van der Waals surface area contributed by atoms with Crippen molar-refractivity contribution < 1.29 is 14.4 Å². The Morgan fingerprint density at radius 2 is 2.04 bits per heavy atom. The topological polar surface area (TPSA) is 90.5 Å². The van der Waals surface area contributed by atoms with Crippen LogP contribution < -0.4 is 20.9 Å². The fourth-order valence-electron chi connectivity index (χ4n) is 4.00. The first kappa shape index (κ1) is 16.9. The molecule has 26 heavy (non-hydrogen) atoms. The van der Waals surface area contributed by atoms with Crippen LogP contribution in [0.4, 0.5) is 10.5 Å². The lowest BCUT2D eigenvalue weighted by atomic mass is 9.93. The van der Waals surface area contributed by atoms with Gasteiger partial charge < -0.3 is 16.0 Å². The van der Waals surface area contributed by atoms with E-state index in [-0.39, 0.29) is 29.9 Å². The van der Waals surface area contributed by atoms with Crippen LogP contribution in [0.2, 0.25) is 0 Å². The van der Waals surface area contributed by atoms with Gasteiger partial charge in [-0.1, -0.05) is 6.07 Å². The van der Waals surface area contributed by atoms with Crippen molar-refractivity contribution in [2.24, 2.45) is 5.92 Å². The van der Waals surface area contributed by atoms with Crippen molar-refractivity contribution in [2.75, 3.05) is 18.0 Å². The lowest BCUT2D eigenvalue weighted by Crippen LogP contribution is -2.56. The highest BCUT2D eigenvalue weighted by Gasteiger charge is 2.40. The number of hydrogen-bond donors (Lipinski definition) is 3. The Hall–Kier alpha value is -2.57. The van der Waals surface area contributed by atoms with Gasteiger partial charge in [-0.2, -0.15) is 0 Å². The fourth-order valence-corrected chi connectivity index (χ4v) is 4.00. The minimum atomic E-state index is -0.143. The summed E-state index contributed by atoms with van der Waals surface area (Å²) < 4.78 is 0. The van der Waals surface area contributed by atoms with E-state index in [0.29, 0.717) is 37.4 Å². The van der Waals surface area contributed by atoms with Crippen LogP contribution in [0.5, 0.6) is 0 Å². The number of urea groups is 1. The second-order valence-corrected chi connectivity index (χ2v) is 7.38. The minimum absolute atomic E-state index is 0.0352. The summed E-state index contributed by atoms with van der Waals surface area (Å²) in [5, 5.41) is 8.96. The van der Waals surface area contributed by atoms with Crippen molar-refractivity contribution in [1.29, 1.82) is 0 Å². The first-order chi connectivity index (χ1) is 12.5. The van der Waals surface area contributed by atoms with Crippen molar-refractivity contribution in [3.63, 3.8) is 0 Å². The summed E-state index contributed by atoms with van der Waals surface area (Å²) in [4.78, 5) is 38.2. The number of benzene rings is 1. The van der Waals surface area contributed by atoms with Gasteiger partial charge in [-0.25, -0.2) is 4.79 Å². The molecule has 3 aliphatic rings. The molecule has 1 saturated carbocycles. The molecule has 0 unspecified atom stereocenters. The molecule has 2 saturated heterocycles. The smallest absolute Gasteiger partial charge is 0.322 e. The van der Waals surface area contributed by atoms with Crippen LogP contribution >= 0.6 is 0 Å². The molecule has 4 amide bonds. The molecule has 0 aromatic heterocycles. The van der Waals surface area contributed by atoms with E-state index in [0.717, 1.165) is 24.1 Å². The largest absolute Gasteiger partial charge is 0.351 e. The van der Waals surface area contributed by atoms with Gasteiger partial charge in [0.05, 0.1) is 12.1 Å². The molecule has 3 N–H and O–H groups in total.